The lowest BCUT2D eigenvalue weighted by molar-refractivity contribution is -0.146. The molecular formula is C10H21NO3. The van der Waals surface area contributed by atoms with Crippen molar-refractivity contribution in [1.82, 2.24) is 4.90 Å². The van der Waals surface area contributed by atoms with Crippen LogP contribution in [0.5, 0.6) is 0 Å². The van der Waals surface area contributed by atoms with E-state index in [1.54, 1.807) is 6.92 Å². The zero-order valence-corrected chi connectivity index (χ0v) is 9.07. The number of hydrogen-bond acceptors (Lipinski definition) is 3. The van der Waals surface area contributed by atoms with Crippen LogP contribution >= 0.6 is 0 Å². The zero-order valence-electron chi connectivity index (χ0n) is 9.07. The highest BCUT2D eigenvalue weighted by Gasteiger charge is 2.07. The Kier molecular flexibility index (Phi) is 7.42. The van der Waals surface area contributed by atoms with Crippen LogP contribution in [0.3, 0.4) is 0 Å². The third-order valence-corrected chi connectivity index (χ3v) is 2.32. The molecule has 0 radical (unpaired) electrons. The van der Waals surface area contributed by atoms with E-state index >= 15 is 0 Å². The van der Waals surface area contributed by atoms with E-state index in [0.29, 0.717) is 0 Å². The first kappa shape index (κ1) is 13.4. The van der Waals surface area contributed by atoms with E-state index in [-0.39, 0.29) is 6.42 Å². The number of carboxylic acids is 1. The van der Waals surface area contributed by atoms with Crippen molar-refractivity contribution < 1.29 is 15.0 Å². The Morgan fingerprint density at radius 2 is 1.86 bits per heavy atom. The monoisotopic (exact) mass is 203 g/mol. The van der Waals surface area contributed by atoms with Crippen LogP contribution in [-0.2, 0) is 4.79 Å². The molecule has 1 aliphatic rings. The number of hydrogen-bond donors (Lipinski definition) is 2. The molecule has 1 heterocycles. The van der Waals surface area contributed by atoms with Crippen molar-refractivity contribution in [3.05, 3.63) is 0 Å². The van der Waals surface area contributed by atoms with Gasteiger partial charge in [-0.2, -0.15) is 0 Å². The summed E-state index contributed by atoms with van der Waals surface area (Å²) in [5.74, 6) is -1.15. The molecule has 0 bridgehead atoms. The molecule has 1 saturated heterocycles. The van der Waals surface area contributed by atoms with Gasteiger partial charge in [0.05, 0.1) is 0 Å². The van der Waals surface area contributed by atoms with E-state index in [1.165, 1.54) is 32.5 Å². The van der Waals surface area contributed by atoms with Gasteiger partial charge < -0.3 is 15.1 Å². The van der Waals surface area contributed by atoms with Crippen molar-refractivity contribution >= 4 is 5.97 Å². The van der Waals surface area contributed by atoms with Gasteiger partial charge in [0.25, 0.3) is 0 Å². The first-order valence-electron chi connectivity index (χ1n) is 5.25. The topological polar surface area (TPSA) is 60.8 Å². The summed E-state index contributed by atoms with van der Waals surface area (Å²) in [7, 11) is 0. The second-order valence-electron chi connectivity index (χ2n) is 3.40. The molecule has 1 fully saturated rings. The van der Waals surface area contributed by atoms with Gasteiger partial charge in [0.15, 0.2) is 6.10 Å². The minimum absolute atomic E-state index is 0.273. The van der Waals surface area contributed by atoms with Crippen molar-refractivity contribution in [1.29, 1.82) is 0 Å². The molecule has 0 spiro atoms. The Morgan fingerprint density at radius 3 is 2.00 bits per heavy atom. The quantitative estimate of drug-likeness (QED) is 0.716. The number of nitrogens with zero attached hydrogens (tertiary/aromatic N) is 1. The highest BCUT2D eigenvalue weighted by molar-refractivity contribution is 5.71. The number of aliphatic carboxylic acids is 1. The fourth-order valence-electron chi connectivity index (χ4n) is 1.27. The Morgan fingerprint density at radius 1 is 1.36 bits per heavy atom. The molecule has 0 aromatic heterocycles. The predicted molar refractivity (Wildman–Crippen MR) is 55.3 cm³/mol. The molecule has 1 aliphatic heterocycles. The molecule has 1 unspecified atom stereocenters. The van der Waals surface area contributed by atoms with Crippen molar-refractivity contribution in [2.24, 2.45) is 0 Å². The largest absolute Gasteiger partial charge is 0.479 e. The van der Waals surface area contributed by atoms with Crippen LogP contribution in [-0.4, -0.2) is 46.8 Å². The van der Waals surface area contributed by atoms with Gasteiger partial charge in [-0.15, -0.1) is 0 Å². The second kappa shape index (κ2) is 7.76. The summed E-state index contributed by atoms with van der Waals surface area (Å²) < 4.78 is 0. The first-order chi connectivity index (χ1) is 6.61. The molecule has 4 heteroatoms. The number of aliphatic hydroxyl groups excluding tert-OH is 1. The lowest BCUT2D eigenvalue weighted by Gasteiger charge is -2.08. The maximum Gasteiger partial charge on any atom is 0.332 e. The van der Waals surface area contributed by atoms with E-state index in [2.05, 4.69) is 11.8 Å². The van der Waals surface area contributed by atoms with E-state index < -0.39 is 12.1 Å². The number of carboxylic acid groups (broad SMARTS) is 1. The van der Waals surface area contributed by atoms with Gasteiger partial charge in [0.1, 0.15) is 0 Å². The van der Waals surface area contributed by atoms with Crippen molar-refractivity contribution in [2.45, 2.75) is 39.2 Å². The molecular weight excluding hydrogens is 182 g/mol. The second-order valence-corrected chi connectivity index (χ2v) is 3.40. The molecule has 0 aromatic carbocycles. The standard InChI is InChI=1S/C6H13N.C4H8O3/c1-2-7-5-3-4-6-7;1-2-3(5)4(6)7/h2-6H2,1H3;3,5H,2H2,1H3,(H,6,7). The molecule has 4 nitrogen and oxygen atoms in total. The number of rotatable bonds is 3. The SMILES string of the molecule is CCC(O)C(=O)O.CCN1CCCC1. The molecule has 2 N–H and O–H groups in total. The van der Waals surface area contributed by atoms with Crippen LogP contribution in [0.2, 0.25) is 0 Å². The predicted octanol–water partition coefficient (Wildman–Crippen LogP) is 0.944. The lowest BCUT2D eigenvalue weighted by Crippen LogP contribution is -2.17. The van der Waals surface area contributed by atoms with Crippen LogP contribution in [0, 0.1) is 0 Å². The average Bonchev–Trinajstić information content (AvgIpc) is 2.69. The van der Waals surface area contributed by atoms with Crippen LogP contribution in [0.4, 0.5) is 0 Å². The van der Waals surface area contributed by atoms with E-state index in [1.807, 2.05) is 0 Å². The smallest absolute Gasteiger partial charge is 0.332 e. The van der Waals surface area contributed by atoms with Crippen LogP contribution < -0.4 is 0 Å². The van der Waals surface area contributed by atoms with Crippen molar-refractivity contribution in [2.75, 3.05) is 19.6 Å². The Labute approximate surface area is 85.5 Å². The fourth-order valence-corrected chi connectivity index (χ4v) is 1.27. The van der Waals surface area contributed by atoms with Crippen LogP contribution in [0.25, 0.3) is 0 Å². The first-order valence-corrected chi connectivity index (χ1v) is 5.25. The molecule has 84 valence electrons. The van der Waals surface area contributed by atoms with E-state index in [0.717, 1.165) is 0 Å². The maximum atomic E-state index is 9.68. The van der Waals surface area contributed by atoms with Gasteiger partial charge in [-0.1, -0.05) is 13.8 Å². The van der Waals surface area contributed by atoms with Crippen LogP contribution in [0.1, 0.15) is 33.1 Å². The molecule has 1 atom stereocenters. The maximum absolute atomic E-state index is 9.68. The van der Waals surface area contributed by atoms with E-state index in [9.17, 15) is 4.79 Å². The van der Waals surface area contributed by atoms with Gasteiger partial charge in [-0.05, 0) is 38.9 Å². The van der Waals surface area contributed by atoms with Crippen molar-refractivity contribution in [3.8, 4) is 0 Å². The Balaban J connectivity index is 0.000000241. The third kappa shape index (κ3) is 5.94. The van der Waals surface area contributed by atoms with Gasteiger partial charge in [-0.3, -0.25) is 0 Å². The summed E-state index contributed by atoms with van der Waals surface area (Å²) in [6.07, 6.45) is 1.94. The fraction of sp³-hybridized carbons (Fsp3) is 0.900. The average molecular weight is 203 g/mol. The summed E-state index contributed by atoms with van der Waals surface area (Å²) in [4.78, 5) is 12.2. The highest BCUT2D eigenvalue weighted by Crippen LogP contribution is 2.04. The van der Waals surface area contributed by atoms with Gasteiger partial charge in [0.2, 0.25) is 0 Å². The molecule has 0 aliphatic carbocycles. The molecule has 14 heavy (non-hydrogen) atoms. The van der Waals surface area contributed by atoms with Gasteiger partial charge in [-0.25, -0.2) is 4.79 Å². The summed E-state index contributed by atoms with van der Waals surface area (Å²) in [6.45, 7) is 7.77. The molecule has 0 amide bonds. The van der Waals surface area contributed by atoms with Crippen molar-refractivity contribution in [3.63, 3.8) is 0 Å². The highest BCUT2D eigenvalue weighted by atomic mass is 16.4. The number of likely N-dealkylation sites (tertiary alicyclic amines) is 1. The normalized spacial score (nSPS) is 18.5. The Bertz CT molecular complexity index is 155. The number of aliphatic hydroxyl groups is 1. The minimum Gasteiger partial charge on any atom is -0.479 e. The summed E-state index contributed by atoms with van der Waals surface area (Å²) in [6, 6.07) is 0. The Hall–Kier alpha value is -0.610. The summed E-state index contributed by atoms with van der Waals surface area (Å²) in [5.41, 5.74) is 0. The molecule has 0 saturated carbocycles. The van der Waals surface area contributed by atoms with E-state index in [4.69, 9.17) is 10.2 Å². The van der Waals surface area contributed by atoms with Crippen LogP contribution in [0.15, 0.2) is 0 Å². The number of carbonyl (C=O) groups is 1. The molecule has 1 rings (SSSR count). The summed E-state index contributed by atoms with van der Waals surface area (Å²) in [5, 5.41) is 16.3. The lowest BCUT2D eigenvalue weighted by atomic mass is 10.3. The molecule has 0 aromatic rings. The minimum atomic E-state index is -1.18. The van der Waals surface area contributed by atoms with Gasteiger partial charge >= 0.3 is 5.97 Å². The summed E-state index contributed by atoms with van der Waals surface area (Å²) >= 11 is 0. The third-order valence-electron chi connectivity index (χ3n) is 2.32. The van der Waals surface area contributed by atoms with Gasteiger partial charge in [0, 0.05) is 0 Å². The zero-order chi connectivity index (χ0) is 11.0.